The van der Waals surface area contributed by atoms with Gasteiger partial charge in [0.25, 0.3) is 6.47 Å². The van der Waals surface area contributed by atoms with Gasteiger partial charge in [-0.2, -0.15) is 12.6 Å². The Labute approximate surface area is 139 Å². The summed E-state index contributed by atoms with van der Waals surface area (Å²) in [5, 5.41) is 9.41. The van der Waals surface area contributed by atoms with Crippen molar-refractivity contribution in [3.05, 3.63) is 59.2 Å². The molecular formula is C17H16O5S. The van der Waals surface area contributed by atoms with E-state index in [1.165, 1.54) is 0 Å². The lowest BCUT2D eigenvalue weighted by Gasteiger charge is -2.12. The first-order chi connectivity index (χ1) is 11.2. The fraction of sp³-hybridized carbons (Fsp3) is 0.176. The molecule has 0 bridgehead atoms. The fourth-order valence-corrected chi connectivity index (χ4v) is 2.39. The average Bonchev–Trinajstić information content (AvgIpc) is 2.54. The molecule has 0 atom stereocenters. The third-order valence-electron chi connectivity index (χ3n) is 3.21. The minimum atomic E-state index is -1.02. The normalized spacial score (nSPS) is 10.1. The first-order valence-electron chi connectivity index (χ1n) is 6.93. The predicted octanol–water partition coefficient (Wildman–Crippen LogP) is 2.97. The number of aryl methyl sites for hydroxylation is 1. The number of hydrogen-bond acceptors (Lipinski definition) is 5. The van der Waals surface area contributed by atoms with Crippen LogP contribution in [0.2, 0.25) is 0 Å². The maximum absolute atomic E-state index is 11.5. The van der Waals surface area contributed by atoms with Gasteiger partial charge in [0.1, 0.15) is 23.7 Å². The van der Waals surface area contributed by atoms with E-state index in [-0.39, 0.29) is 12.2 Å². The Morgan fingerprint density at radius 1 is 1.17 bits per heavy atom. The van der Waals surface area contributed by atoms with Crippen LogP contribution in [0.3, 0.4) is 0 Å². The molecule has 0 heterocycles. The van der Waals surface area contributed by atoms with E-state index in [2.05, 4.69) is 12.6 Å². The van der Waals surface area contributed by atoms with Gasteiger partial charge in [0.05, 0.1) is 0 Å². The highest BCUT2D eigenvalue weighted by Crippen LogP contribution is 2.24. The average molecular weight is 332 g/mol. The maximum atomic E-state index is 11.5. The standard InChI is InChI=1S/C17H16O5S/c18-11-22-14-6-4-12(5-7-14)10-21-15-3-1-2-13(8-9-23)16(15)17(19)20/h1-7,11,23H,8-10H2,(H,19,20). The van der Waals surface area contributed by atoms with Crippen LogP contribution in [0.25, 0.3) is 0 Å². The number of benzene rings is 2. The van der Waals surface area contributed by atoms with Crippen molar-refractivity contribution in [2.24, 2.45) is 0 Å². The molecule has 0 fully saturated rings. The quantitative estimate of drug-likeness (QED) is 0.574. The van der Waals surface area contributed by atoms with Gasteiger partial charge in [-0.25, -0.2) is 4.79 Å². The van der Waals surface area contributed by atoms with Gasteiger partial charge in [-0.1, -0.05) is 24.3 Å². The van der Waals surface area contributed by atoms with Crippen molar-refractivity contribution in [1.29, 1.82) is 0 Å². The third kappa shape index (κ3) is 4.50. The number of carbonyl (C=O) groups is 2. The Morgan fingerprint density at radius 2 is 1.91 bits per heavy atom. The molecule has 1 N–H and O–H groups in total. The summed E-state index contributed by atoms with van der Waals surface area (Å²) in [5.41, 5.74) is 1.70. The van der Waals surface area contributed by atoms with Gasteiger partial charge in [-0.15, -0.1) is 0 Å². The second-order valence-corrected chi connectivity index (χ2v) is 5.16. The van der Waals surface area contributed by atoms with E-state index >= 15 is 0 Å². The number of carbonyl (C=O) groups excluding carboxylic acids is 1. The van der Waals surface area contributed by atoms with E-state index in [1.54, 1.807) is 42.5 Å². The van der Waals surface area contributed by atoms with E-state index in [4.69, 9.17) is 9.47 Å². The van der Waals surface area contributed by atoms with Crippen molar-refractivity contribution in [2.45, 2.75) is 13.0 Å². The first-order valence-corrected chi connectivity index (χ1v) is 7.57. The van der Waals surface area contributed by atoms with Crippen LogP contribution in [-0.4, -0.2) is 23.3 Å². The van der Waals surface area contributed by atoms with Crippen LogP contribution in [0.1, 0.15) is 21.5 Å². The molecule has 0 aromatic heterocycles. The molecule has 0 aliphatic carbocycles. The Morgan fingerprint density at radius 3 is 2.52 bits per heavy atom. The Kier molecular flexibility index (Phi) is 6.05. The number of rotatable bonds is 8. The molecule has 0 spiro atoms. The summed E-state index contributed by atoms with van der Waals surface area (Å²) in [4.78, 5) is 21.7. The molecule has 2 aromatic rings. The largest absolute Gasteiger partial charge is 0.488 e. The van der Waals surface area contributed by atoms with Crippen molar-refractivity contribution >= 4 is 25.1 Å². The zero-order valence-corrected chi connectivity index (χ0v) is 13.2. The Bertz CT molecular complexity index is 682. The van der Waals surface area contributed by atoms with Gasteiger partial charge >= 0.3 is 5.97 Å². The van der Waals surface area contributed by atoms with Crippen LogP contribution < -0.4 is 9.47 Å². The summed E-state index contributed by atoms with van der Waals surface area (Å²) in [6.07, 6.45) is 0.555. The molecule has 2 aromatic carbocycles. The SMILES string of the molecule is O=COc1ccc(COc2cccc(CCS)c2C(=O)O)cc1. The predicted molar refractivity (Wildman–Crippen MR) is 88.4 cm³/mol. The number of ether oxygens (including phenoxy) is 2. The van der Waals surface area contributed by atoms with Gasteiger partial charge in [0.15, 0.2) is 0 Å². The van der Waals surface area contributed by atoms with Crippen LogP contribution in [-0.2, 0) is 17.8 Å². The molecule has 23 heavy (non-hydrogen) atoms. The van der Waals surface area contributed by atoms with E-state index < -0.39 is 5.97 Å². The van der Waals surface area contributed by atoms with Crippen LogP contribution in [0.5, 0.6) is 11.5 Å². The molecule has 0 aliphatic heterocycles. The number of thiol groups is 1. The van der Waals surface area contributed by atoms with Crippen LogP contribution in [0, 0.1) is 0 Å². The zero-order chi connectivity index (χ0) is 16.7. The van der Waals surface area contributed by atoms with Gasteiger partial charge in [-0.3, -0.25) is 4.79 Å². The topological polar surface area (TPSA) is 72.8 Å². The summed E-state index contributed by atoms with van der Waals surface area (Å²) in [6.45, 7) is 0.573. The lowest BCUT2D eigenvalue weighted by atomic mass is 10.0. The van der Waals surface area contributed by atoms with Crippen LogP contribution >= 0.6 is 12.6 Å². The smallest absolute Gasteiger partial charge is 0.339 e. The third-order valence-corrected chi connectivity index (χ3v) is 3.43. The van der Waals surface area contributed by atoms with E-state index in [1.807, 2.05) is 0 Å². The first kappa shape index (κ1) is 16.9. The maximum Gasteiger partial charge on any atom is 0.339 e. The van der Waals surface area contributed by atoms with Crippen molar-refractivity contribution in [3.8, 4) is 11.5 Å². The molecular weight excluding hydrogens is 316 g/mol. The summed E-state index contributed by atoms with van der Waals surface area (Å²) in [7, 11) is 0. The molecule has 0 unspecified atom stereocenters. The summed E-state index contributed by atoms with van der Waals surface area (Å²) in [5.74, 6) is 0.296. The van der Waals surface area contributed by atoms with Crippen molar-refractivity contribution in [2.75, 3.05) is 5.75 Å². The van der Waals surface area contributed by atoms with Gasteiger partial charge in [0, 0.05) is 0 Å². The molecule has 0 radical (unpaired) electrons. The van der Waals surface area contributed by atoms with Gasteiger partial charge < -0.3 is 14.6 Å². The number of hydrogen-bond donors (Lipinski definition) is 2. The molecule has 5 nitrogen and oxygen atoms in total. The highest BCUT2D eigenvalue weighted by Gasteiger charge is 2.16. The lowest BCUT2D eigenvalue weighted by Crippen LogP contribution is -2.07. The highest BCUT2D eigenvalue weighted by atomic mass is 32.1. The zero-order valence-electron chi connectivity index (χ0n) is 12.3. The van der Waals surface area contributed by atoms with E-state index in [0.29, 0.717) is 35.7 Å². The number of carboxylic acid groups (broad SMARTS) is 1. The second-order valence-electron chi connectivity index (χ2n) is 4.72. The minimum Gasteiger partial charge on any atom is -0.488 e. The monoisotopic (exact) mass is 332 g/mol. The molecule has 2 rings (SSSR count). The Hall–Kier alpha value is -2.47. The summed E-state index contributed by atoms with van der Waals surface area (Å²) in [6, 6.07) is 11.9. The van der Waals surface area contributed by atoms with Crippen molar-refractivity contribution in [3.63, 3.8) is 0 Å². The fourth-order valence-electron chi connectivity index (χ4n) is 2.15. The second kappa shape index (κ2) is 8.24. The summed E-state index contributed by atoms with van der Waals surface area (Å²) < 4.78 is 10.4. The highest BCUT2D eigenvalue weighted by molar-refractivity contribution is 7.80. The molecule has 0 aliphatic rings. The molecule has 0 saturated carbocycles. The number of carboxylic acids is 1. The molecule has 120 valence electrons. The Balaban J connectivity index is 2.14. The molecule has 0 amide bonds. The van der Waals surface area contributed by atoms with Crippen molar-refractivity contribution < 1.29 is 24.2 Å². The van der Waals surface area contributed by atoms with E-state index in [0.717, 1.165) is 5.56 Å². The number of aromatic carboxylic acids is 1. The van der Waals surface area contributed by atoms with Crippen LogP contribution in [0.15, 0.2) is 42.5 Å². The molecule has 6 heteroatoms. The lowest BCUT2D eigenvalue weighted by molar-refractivity contribution is -0.120. The van der Waals surface area contributed by atoms with Crippen LogP contribution in [0.4, 0.5) is 0 Å². The van der Waals surface area contributed by atoms with Gasteiger partial charge in [0.2, 0.25) is 0 Å². The van der Waals surface area contributed by atoms with E-state index in [9.17, 15) is 14.7 Å². The van der Waals surface area contributed by atoms with Gasteiger partial charge in [-0.05, 0) is 41.5 Å². The van der Waals surface area contributed by atoms with Crippen molar-refractivity contribution in [1.82, 2.24) is 0 Å². The summed E-state index contributed by atoms with van der Waals surface area (Å²) >= 11 is 4.15. The minimum absolute atomic E-state index is 0.169. The molecule has 0 saturated heterocycles.